The van der Waals surface area contributed by atoms with Gasteiger partial charge in [0.15, 0.2) is 0 Å². The number of hydrogen-bond acceptors (Lipinski definition) is 3. The summed E-state index contributed by atoms with van der Waals surface area (Å²) in [6.07, 6.45) is 0. The second kappa shape index (κ2) is 5.85. The standard InChI is InChI=1S/C21H17NO2/c1-23-15-11-14(12-16(13-15)24-2)21-17-7-3-5-9-19(17)22-20-10-6-4-8-18(20)21/h3-13H,1-2H3. The van der Waals surface area contributed by atoms with Crippen LogP contribution in [0, 0.1) is 0 Å². The summed E-state index contributed by atoms with van der Waals surface area (Å²) in [5, 5.41) is 2.23. The van der Waals surface area contributed by atoms with Gasteiger partial charge in [0.1, 0.15) is 11.5 Å². The molecule has 1 heterocycles. The van der Waals surface area contributed by atoms with Gasteiger partial charge in [-0.1, -0.05) is 36.4 Å². The van der Waals surface area contributed by atoms with E-state index in [0.717, 1.165) is 44.4 Å². The Hall–Kier alpha value is -3.07. The quantitative estimate of drug-likeness (QED) is 0.494. The molecule has 0 unspecified atom stereocenters. The summed E-state index contributed by atoms with van der Waals surface area (Å²) in [5.74, 6) is 1.55. The maximum atomic E-state index is 5.45. The second-order valence-electron chi connectivity index (χ2n) is 5.62. The van der Waals surface area contributed by atoms with Crippen molar-refractivity contribution < 1.29 is 9.47 Å². The van der Waals surface area contributed by atoms with Crippen molar-refractivity contribution in [2.24, 2.45) is 0 Å². The first-order chi connectivity index (χ1) is 11.8. The van der Waals surface area contributed by atoms with Crippen LogP contribution in [0.4, 0.5) is 0 Å². The van der Waals surface area contributed by atoms with Crippen molar-refractivity contribution in [2.45, 2.75) is 0 Å². The monoisotopic (exact) mass is 315 g/mol. The summed E-state index contributed by atoms with van der Waals surface area (Å²) in [4.78, 5) is 4.79. The maximum Gasteiger partial charge on any atom is 0.123 e. The number of hydrogen-bond donors (Lipinski definition) is 0. The number of methoxy groups -OCH3 is 2. The highest BCUT2D eigenvalue weighted by atomic mass is 16.5. The van der Waals surface area contributed by atoms with E-state index in [1.165, 1.54) is 0 Å². The van der Waals surface area contributed by atoms with Gasteiger partial charge in [-0.2, -0.15) is 0 Å². The van der Waals surface area contributed by atoms with Crippen molar-refractivity contribution in [2.75, 3.05) is 14.2 Å². The van der Waals surface area contributed by atoms with Gasteiger partial charge in [0.2, 0.25) is 0 Å². The lowest BCUT2D eigenvalue weighted by Gasteiger charge is -2.13. The average molecular weight is 315 g/mol. The number of para-hydroxylation sites is 2. The molecule has 0 aliphatic heterocycles. The molecule has 3 nitrogen and oxygen atoms in total. The van der Waals surface area contributed by atoms with Crippen molar-refractivity contribution in [1.82, 2.24) is 4.98 Å². The molecule has 4 rings (SSSR count). The molecule has 0 amide bonds. The molecule has 0 saturated heterocycles. The van der Waals surface area contributed by atoms with Gasteiger partial charge < -0.3 is 9.47 Å². The lowest BCUT2D eigenvalue weighted by molar-refractivity contribution is 0.394. The van der Waals surface area contributed by atoms with Gasteiger partial charge in [-0.3, -0.25) is 0 Å². The smallest absolute Gasteiger partial charge is 0.123 e. The fraction of sp³-hybridized carbons (Fsp3) is 0.0952. The molecule has 0 aliphatic carbocycles. The molecule has 0 bridgehead atoms. The van der Waals surface area contributed by atoms with E-state index >= 15 is 0 Å². The number of rotatable bonds is 3. The predicted octanol–water partition coefficient (Wildman–Crippen LogP) is 5.07. The zero-order valence-corrected chi connectivity index (χ0v) is 13.6. The highest BCUT2D eigenvalue weighted by Crippen LogP contribution is 2.38. The van der Waals surface area contributed by atoms with E-state index < -0.39 is 0 Å². The van der Waals surface area contributed by atoms with Gasteiger partial charge in [-0.15, -0.1) is 0 Å². The topological polar surface area (TPSA) is 31.4 Å². The number of benzene rings is 3. The highest BCUT2D eigenvalue weighted by molar-refractivity contribution is 6.09. The number of aromatic nitrogens is 1. The van der Waals surface area contributed by atoms with Crippen LogP contribution in [0.3, 0.4) is 0 Å². The van der Waals surface area contributed by atoms with E-state index in [0.29, 0.717) is 0 Å². The maximum absolute atomic E-state index is 5.45. The number of ether oxygens (including phenoxy) is 2. The molecule has 0 atom stereocenters. The summed E-state index contributed by atoms with van der Waals surface area (Å²) < 4.78 is 10.9. The molecule has 0 spiro atoms. The molecule has 118 valence electrons. The fourth-order valence-electron chi connectivity index (χ4n) is 3.10. The molecule has 0 saturated carbocycles. The Morgan fingerprint density at radius 3 is 1.67 bits per heavy atom. The normalized spacial score (nSPS) is 10.9. The van der Waals surface area contributed by atoms with Gasteiger partial charge in [-0.25, -0.2) is 4.98 Å². The van der Waals surface area contributed by atoms with Crippen LogP contribution in [0.15, 0.2) is 66.7 Å². The summed E-state index contributed by atoms with van der Waals surface area (Å²) in [6, 6.07) is 22.4. The minimum Gasteiger partial charge on any atom is -0.497 e. The molecule has 3 heteroatoms. The summed E-state index contributed by atoms with van der Waals surface area (Å²) >= 11 is 0. The van der Waals surface area contributed by atoms with Crippen LogP contribution >= 0.6 is 0 Å². The summed E-state index contributed by atoms with van der Waals surface area (Å²) in [7, 11) is 3.34. The molecule has 0 N–H and O–H groups in total. The van der Waals surface area contributed by atoms with Crippen LogP contribution in [0.2, 0.25) is 0 Å². The van der Waals surface area contributed by atoms with Crippen molar-refractivity contribution in [3.05, 3.63) is 66.7 Å². The van der Waals surface area contributed by atoms with Crippen LogP contribution in [0.25, 0.3) is 32.9 Å². The first-order valence-electron chi connectivity index (χ1n) is 7.81. The van der Waals surface area contributed by atoms with Crippen molar-refractivity contribution >= 4 is 21.8 Å². The van der Waals surface area contributed by atoms with Crippen LogP contribution in [-0.4, -0.2) is 19.2 Å². The first-order valence-corrected chi connectivity index (χ1v) is 7.81. The summed E-state index contributed by atoms with van der Waals surface area (Å²) in [5.41, 5.74) is 4.16. The lowest BCUT2D eigenvalue weighted by atomic mass is 9.96. The van der Waals surface area contributed by atoms with Gasteiger partial charge >= 0.3 is 0 Å². The van der Waals surface area contributed by atoms with E-state index in [4.69, 9.17) is 14.5 Å². The Bertz CT molecular complexity index is 964. The number of nitrogens with zero attached hydrogens (tertiary/aromatic N) is 1. The average Bonchev–Trinajstić information content (AvgIpc) is 2.65. The lowest BCUT2D eigenvalue weighted by Crippen LogP contribution is -1.92. The van der Waals surface area contributed by atoms with Crippen LogP contribution < -0.4 is 9.47 Å². The fourth-order valence-corrected chi connectivity index (χ4v) is 3.10. The Morgan fingerprint density at radius 2 is 1.17 bits per heavy atom. The zero-order chi connectivity index (χ0) is 16.5. The molecule has 3 aromatic carbocycles. The zero-order valence-electron chi connectivity index (χ0n) is 13.6. The Kier molecular flexibility index (Phi) is 3.54. The molecule has 0 radical (unpaired) electrons. The van der Waals surface area contributed by atoms with Crippen LogP contribution in [0.1, 0.15) is 0 Å². The predicted molar refractivity (Wildman–Crippen MR) is 97.8 cm³/mol. The molecule has 24 heavy (non-hydrogen) atoms. The third kappa shape index (κ3) is 2.35. The van der Waals surface area contributed by atoms with Crippen molar-refractivity contribution in [1.29, 1.82) is 0 Å². The minimum absolute atomic E-state index is 0.773. The first kappa shape index (κ1) is 14.5. The van der Waals surface area contributed by atoms with Gasteiger partial charge in [0.25, 0.3) is 0 Å². The molecule has 4 aromatic rings. The third-order valence-corrected chi connectivity index (χ3v) is 4.23. The van der Waals surface area contributed by atoms with E-state index in [2.05, 4.69) is 12.1 Å². The molecule has 0 aliphatic rings. The number of pyridine rings is 1. The molecule has 1 aromatic heterocycles. The van der Waals surface area contributed by atoms with Gasteiger partial charge in [-0.05, 0) is 29.8 Å². The largest absolute Gasteiger partial charge is 0.497 e. The van der Waals surface area contributed by atoms with E-state index in [-0.39, 0.29) is 0 Å². The van der Waals surface area contributed by atoms with Gasteiger partial charge in [0.05, 0.1) is 25.3 Å². The third-order valence-electron chi connectivity index (χ3n) is 4.23. The number of fused-ring (bicyclic) bond motifs is 2. The van der Waals surface area contributed by atoms with E-state index in [1.807, 2.05) is 54.6 Å². The van der Waals surface area contributed by atoms with Crippen molar-refractivity contribution in [3.8, 4) is 22.6 Å². The second-order valence-corrected chi connectivity index (χ2v) is 5.62. The van der Waals surface area contributed by atoms with Crippen LogP contribution in [-0.2, 0) is 0 Å². The van der Waals surface area contributed by atoms with Crippen LogP contribution in [0.5, 0.6) is 11.5 Å². The Morgan fingerprint density at radius 1 is 0.667 bits per heavy atom. The Balaban J connectivity index is 2.14. The summed E-state index contributed by atoms with van der Waals surface area (Å²) in [6.45, 7) is 0. The molecule has 0 fully saturated rings. The minimum atomic E-state index is 0.773. The van der Waals surface area contributed by atoms with E-state index in [1.54, 1.807) is 14.2 Å². The van der Waals surface area contributed by atoms with E-state index in [9.17, 15) is 0 Å². The molecular weight excluding hydrogens is 298 g/mol. The highest BCUT2D eigenvalue weighted by Gasteiger charge is 2.13. The SMILES string of the molecule is COc1cc(OC)cc(-c2c3ccccc3nc3ccccc23)c1. The molecular formula is C21H17NO2. The van der Waals surface area contributed by atoms with Gasteiger partial charge in [0, 0.05) is 22.4 Å². The van der Waals surface area contributed by atoms with Crippen molar-refractivity contribution in [3.63, 3.8) is 0 Å². The Labute approximate surface area is 140 Å².